The summed E-state index contributed by atoms with van der Waals surface area (Å²) in [7, 11) is -3.63. The molecule has 0 amide bonds. The van der Waals surface area contributed by atoms with Gasteiger partial charge in [0.2, 0.25) is 0 Å². The molecule has 1 aromatic carbocycles. The molecule has 22 heavy (non-hydrogen) atoms. The molecule has 1 atom stereocenters. The lowest BCUT2D eigenvalue weighted by Crippen LogP contribution is -2.12. The molecule has 1 unspecified atom stereocenters. The van der Waals surface area contributed by atoms with Crippen molar-refractivity contribution in [3.63, 3.8) is 0 Å². The van der Waals surface area contributed by atoms with Gasteiger partial charge in [0, 0.05) is 23.3 Å². The van der Waals surface area contributed by atoms with Crippen molar-refractivity contribution >= 4 is 21.1 Å². The quantitative estimate of drug-likeness (QED) is 0.697. The van der Waals surface area contributed by atoms with Gasteiger partial charge in [-0.15, -0.1) is 0 Å². The van der Waals surface area contributed by atoms with Crippen LogP contribution in [0.25, 0.3) is 11.0 Å². The van der Waals surface area contributed by atoms with E-state index in [2.05, 4.69) is 4.98 Å². The molecule has 6 heteroatoms. The number of ether oxygens (including phenoxy) is 1. The highest BCUT2D eigenvalue weighted by atomic mass is 32.2. The van der Waals surface area contributed by atoms with Gasteiger partial charge in [-0.1, -0.05) is 17.7 Å². The lowest BCUT2D eigenvalue weighted by Gasteiger charge is -2.07. The van der Waals surface area contributed by atoms with E-state index in [0.717, 1.165) is 16.5 Å². The van der Waals surface area contributed by atoms with Gasteiger partial charge in [-0.05, 0) is 31.2 Å². The molecule has 1 fully saturated rings. The van der Waals surface area contributed by atoms with E-state index < -0.39 is 10.0 Å². The number of hydrogen-bond acceptors (Lipinski definition) is 4. The van der Waals surface area contributed by atoms with E-state index >= 15 is 0 Å². The van der Waals surface area contributed by atoms with E-state index in [-0.39, 0.29) is 11.0 Å². The third-order valence-electron chi connectivity index (χ3n) is 3.80. The SMILES string of the molecule is Cc1ccc(S(=O)(=O)n2ccc3cc(C4CO4)cnc32)cc1. The number of aromatic nitrogens is 2. The third kappa shape index (κ3) is 2.12. The normalized spacial score (nSPS) is 17.8. The smallest absolute Gasteiger partial charge is 0.269 e. The molecule has 5 nitrogen and oxygen atoms in total. The van der Waals surface area contributed by atoms with Gasteiger partial charge in [0.15, 0.2) is 5.65 Å². The Morgan fingerprint density at radius 1 is 1.23 bits per heavy atom. The van der Waals surface area contributed by atoms with Crippen molar-refractivity contribution in [3.05, 3.63) is 59.9 Å². The second-order valence-electron chi connectivity index (χ2n) is 5.43. The number of rotatable bonds is 3. The zero-order valence-electron chi connectivity index (χ0n) is 11.9. The number of benzene rings is 1. The minimum Gasteiger partial charge on any atom is -0.368 e. The van der Waals surface area contributed by atoms with Gasteiger partial charge in [0.1, 0.15) is 6.10 Å². The molecule has 0 aliphatic carbocycles. The summed E-state index contributed by atoms with van der Waals surface area (Å²) in [5.41, 5.74) is 2.44. The number of aryl methyl sites for hydroxylation is 1. The monoisotopic (exact) mass is 314 g/mol. The van der Waals surface area contributed by atoms with Crippen LogP contribution in [0.5, 0.6) is 0 Å². The zero-order chi connectivity index (χ0) is 15.3. The molecule has 112 valence electrons. The molecule has 4 rings (SSSR count). The van der Waals surface area contributed by atoms with E-state index in [1.54, 1.807) is 42.7 Å². The van der Waals surface area contributed by atoms with Gasteiger partial charge in [-0.25, -0.2) is 17.4 Å². The Morgan fingerprint density at radius 3 is 2.64 bits per heavy atom. The first-order chi connectivity index (χ1) is 10.6. The molecule has 0 saturated carbocycles. The highest BCUT2D eigenvalue weighted by Crippen LogP contribution is 2.31. The second-order valence-corrected chi connectivity index (χ2v) is 7.25. The number of epoxide rings is 1. The lowest BCUT2D eigenvalue weighted by atomic mass is 10.2. The Hall–Kier alpha value is -2.18. The molecular formula is C16H14N2O3S. The average molecular weight is 314 g/mol. The maximum Gasteiger partial charge on any atom is 0.269 e. The summed E-state index contributed by atoms with van der Waals surface area (Å²) < 4.78 is 32.0. The van der Waals surface area contributed by atoms with Crippen LogP contribution in [0.15, 0.2) is 53.7 Å². The highest BCUT2D eigenvalue weighted by Gasteiger charge is 2.26. The molecule has 1 aliphatic heterocycles. The van der Waals surface area contributed by atoms with Crippen molar-refractivity contribution in [1.82, 2.24) is 8.96 Å². The van der Waals surface area contributed by atoms with Crippen molar-refractivity contribution in [3.8, 4) is 0 Å². The molecule has 3 aromatic rings. The van der Waals surface area contributed by atoms with E-state index in [4.69, 9.17) is 4.74 Å². The van der Waals surface area contributed by atoms with Gasteiger partial charge in [-0.3, -0.25) is 0 Å². The van der Waals surface area contributed by atoms with Gasteiger partial charge in [0.05, 0.1) is 11.5 Å². The minimum absolute atomic E-state index is 0.106. The fourth-order valence-electron chi connectivity index (χ4n) is 2.45. The first-order valence-corrected chi connectivity index (χ1v) is 8.40. The Labute approximate surface area is 128 Å². The van der Waals surface area contributed by atoms with Crippen LogP contribution in [-0.4, -0.2) is 24.0 Å². The van der Waals surface area contributed by atoms with Crippen molar-refractivity contribution in [2.75, 3.05) is 6.61 Å². The Bertz CT molecular complexity index is 955. The Kier molecular flexibility index (Phi) is 2.85. The van der Waals surface area contributed by atoms with Crippen molar-refractivity contribution in [2.45, 2.75) is 17.9 Å². The summed E-state index contributed by atoms with van der Waals surface area (Å²) in [6, 6.07) is 10.5. The molecule has 0 N–H and O–H groups in total. The Morgan fingerprint density at radius 2 is 1.95 bits per heavy atom. The standard InChI is InChI=1S/C16H14N2O3S/c1-11-2-4-14(5-3-11)22(19,20)18-7-6-12-8-13(15-10-21-15)9-17-16(12)18/h2-9,15H,10H2,1H3. The number of nitrogens with zero attached hydrogens (tertiary/aromatic N) is 2. The predicted octanol–water partition coefficient (Wildman–Crippen LogP) is 2.65. The van der Waals surface area contributed by atoms with Crippen LogP contribution in [0, 0.1) is 6.92 Å². The van der Waals surface area contributed by atoms with Crippen molar-refractivity contribution in [1.29, 1.82) is 0 Å². The fraction of sp³-hybridized carbons (Fsp3) is 0.188. The maximum atomic E-state index is 12.7. The van der Waals surface area contributed by atoms with Crippen molar-refractivity contribution in [2.24, 2.45) is 0 Å². The van der Waals surface area contributed by atoms with E-state index in [9.17, 15) is 8.42 Å². The van der Waals surface area contributed by atoms with Crippen LogP contribution in [0.3, 0.4) is 0 Å². The molecule has 0 radical (unpaired) electrons. The van der Waals surface area contributed by atoms with Crippen molar-refractivity contribution < 1.29 is 13.2 Å². The molecule has 0 bridgehead atoms. The summed E-state index contributed by atoms with van der Waals surface area (Å²) in [5, 5.41) is 0.795. The number of fused-ring (bicyclic) bond motifs is 1. The van der Waals surface area contributed by atoms with E-state index in [1.807, 2.05) is 13.0 Å². The predicted molar refractivity (Wildman–Crippen MR) is 82.2 cm³/mol. The molecule has 3 heterocycles. The minimum atomic E-state index is -3.63. The fourth-order valence-corrected chi connectivity index (χ4v) is 3.76. The number of pyridine rings is 1. The van der Waals surface area contributed by atoms with Crippen LogP contribution in [0.2, 0.25) is 0 Å². The van der Waals surface area contributed by atoms with Crippen LogP contribution < -0.4 is 0 Å². The first kappa shape index (κ1) is 13.5. The summed E-state index contributed by atoms with van der Waals surface area (Å²) in [6.45, 7) is 2.63. The molecule has 1 aliphatic rings. The van der Waals surface area contributed by atoms with Gasteiger partial charge < -0.3 is 4.74 Å². The van der Waals surface area contributed by atoms with Crippen LogP contribution >= 0.6 is 0 Å². The zero-order valence-corrected chi connectivity index (χ0v) is 12.7. The topological polar surface area (TPSA) is 64.5 Å². The number of hydrogen-bond donors (Lipinski definition) is 0. The first-order valence-electron chi connectivity index (χ1n) is 6.96. The summed E-state index contributed by atoms with van der Waals surface area (Å²) in [5.74, 6) is 0. The van der Waals surface area contributed by atoms with Crippen LogP contribution in [-0.2, 0) is 14.8 Å². The van der Waals surface area contributed by atoms with Gasteiger partial charge >= 0.3 is 0 Å². The second kappa shape index (κ2) is 4.66. The maximum absolute atomic E-state index is 12.7. The van der Waals surface area contributed by atoms with Crippen LogP contribution in [0.1, 0.15) is 17.2 Å². The lowest BCUT2D eigenvalue weighted by molar-refractivity contribution is 0.415. The summed E-state index contributed by atoms with van der Waals surface area (Å²) in [4.78, 5) is 4.57. The van der Waals surface area contributed by atoms with E-state index in [0.29, 0.717) is 12.3 Å². The average Bonchev–Trinajstić information content (AvgIpc) is 3.26. The van der Waals surface area contributed by atoms with Crippen LogP contribution in [0.4, 0.5) is 0 Å². The molecule has 0 spiro atoms. The molecule has 2 aromatic heterocycles. The summed E-state index contributed by atoms with van der Waals surface area (Å²) >= 11 is 0. The highest BCUT2D eigenvalue weighted by molar-refractivity contribution is 7.90. The molecular weight excluding hydrogens is 300 g/mol. The van der Waals surface area contributed by atoms with Gasteiger partial charge in [0.25, 0.3) is 10.0 Å². The Balaban J connectivity index is 1.84. The summed E-state index contributed by atoms with van der Waals surface area (Å²) in [6.07, 6.45) is 3.33. The largest absolute Gasteiger partial charge is 0.368 e. The molecule has 1 saturated heterocycles. The van der Waals surface area contributed by atoms with Gasteiger partial charge in [-0.2, -0.15) is 0 Å². The third-order valence-corrected chi connectivity index (χ3v) is 5.48. The van der Waals surface area contributed by atoms with E-state index in [1.165, 1.54) is 3.97 Å².